The van der Waals surface area contributed by atoms with Crippen molar-refractivity contribution in [1.29, 1.82) is 0 Å². The molecule has 1 aromatic carbocycles. The van der Waals surface area contributed by atoms with Crippen molar-refractivity contribution in [2.45, 2.75) is 25.8 Å². The zero-order chi connectivity index (χ0) is 12.7. The Morgan fingerprint density at radius 3 is 2.88 bits per heavy atom. The van der Waals surface area contributed by atoms with Gasteiger partial charge in [0.15, 0.2) is 0 Å². The zero-order valence-corrected chi connectivity index (χ0v) is 10.5. The number of nitrogens with two attached hydrogens (primary N) is 1. The van der Waals surface area contributed by atoms with E-state index in [0.717, 1.165) is 18.5 Å². The molecule has 0 saturated heterocycles. The van der Waals surface area contributed by atoms with Gasteiger partial charge in [-0.1, -0.05) is 6.07 Å². The van der Waals surface area contributed by atoms with Crippen molar-refractivity contribution in [3.8, 4) is 0 Å². The van der Waals surface area contributed by atoms with Crippen molar-refractivity contribution >= 4 is 5.69 Å². The summed E-state index contributed by atoms with van der Waals surface area (Å²) in [4.78, 5) is 0. The molecule has 1 aromatic rings. The van der Waals surface area contributed by atoms with Gasteiger partial charge in [-0.3, -0.25) is 0 Å². The third-order valence-electron chi connectivity index (χ3n) is 2.75. The van der Waals surface area contributed by atoms with Crippen LogP contribution in [0.5, 0.6) is 0 Å². The Hall–Kier alpha value is -1.13. The van der Waals surface area contributed by atoms with E-state index in [2.05, 4.69) is 5.32 Å². The van der Waals surface area contributed by atoms with E-state index in [1.54, 1.807) is 20.1 Å². The van der Waals surface area contributed by atoms with Crippen LogP contribution in [0.3, 0.4) is 0 Å². The number of anilines is 1. The summed E-state index contributed by atoms with van der Waals surface area (Å²) in [6, 6.07) is 5.22. The lowest BCUT2D eigenvalue weighted by molar-refractivity contribution is 0.182. The van der Waals surface area contributed by atoms with Crippen LogP contribution in [0, 0.1) is 12.7 Å². The van der Waals surface area contributed by atoms with Gasteiger partial charge in [0.05, 0.1) is 6.61 Å². The maximum absolute atomic E-state index is 13.4. The smallest absolute Gasteiger partial charge is 0.128 e. The van der Waals surface area contributed by atoms with E-state index in [0.29, 0.717) is 18.7 Å². The predicted octanol–water partition coefficient (Wildman–Crippen LogP) is 2.30. The molecule has 0 amide bonds. The summed E-state index contributed by atoms with van der Waals surface area (Å²) in [6.07, 6.45) is 1.84. The molecule has 0 bridgehead atoms. The Labute approximate surface area is 102 Å². The number of hydrogen-bond donors (Lipinski definition) is 2. The first kappa shape index (κ1) is 13.9. The minimum absolute atomic E-state index is 0.170. The van der Waals surface area contributed by atoms with Gasteiger partial charge in [0.25, 0.3) is 0 Å². The van der Waals surface area contributed by atoms with Gasteiger partial charge in [0, 0.05) is 24.4 Å². The maximum atomic E-state index is 13.4. The zero-order valence-electron chi connectivity index (χ0n) is 10.5. The number of halogens is 1. The standard InChI is InChI=1S/C13H21FN2O/c1-10-12(14)6-3-7-13(10)16-11(9-17-2)5-4-8-15/h3,6-7,11,16H,4-5,8-9,15H2,1-2H3. The normalized spacial score (nSPS) is 12.5. The second-order valence-electron chi connectivity index (χ2n) is 4.14. The molecular weight excluding hydrogens is 219 g/mol. The van der Waals surface area contributed by atoms with E-state index < -0.39 is 0 Å². The van der Waals surface area contributed by atoms with Crippen molar-refractivity contribution in [2.24, 2.45) is 5.73 Å². The van der Waals surface area contributed by atoms with Crippen LogP contribution in [-0.4, -0.2) is 26.3 Å². The highest BCUT2D eigenvalue weighted by atomic mass is 19.1. The first-order chi connectivity index (χ1) is 8.19. The molecule has 1 unspecified atom stereocenters. The first-order valence-electron chi connectivity index (χ1n) is 5.89. The number of nitrogens with one attached hydrogen (secondary N) is 1. The lowest BCUT2D eigenvalue weighted by atomic mass is 10.1. The summed E-state index contributed by atoms with van der Waals surface area (Å²) in [5.74, 6) is -0.190. The van der Waals surface area contributed by atoms with Crippen LogP contribution in [0.2, 0.25) is 0 Å². The van der Waals surface area contributed by atoms with Crippen LogP contribution >= 0.6 is 0 Å². The Morgan fingerprint density at radius 2 is 2.24 bits per heavy atom. The van der Waals surface area contributed by atoms with Crippen LogP contribution in [0.4, 0.5) is 10.1 Å². The molecule has 0 saturated carbocycles. The Balaban J connectivity index is 2.67. The van der Waals surface area contributed by atoms with E-state index in [1.165, 1.54) is 6.07 Å². The van der Waals surface area contributed by atoms with Gasteiger partial charge in [0.2, 0.25) is 0 Å². The molecule has 3 N–H and O–H groups in total. The summed E-state index contributed by atoms with van der Waals surface area (Å²) in [7, 11) is 1.66. The van der Waals surface area contributed by atoms with Crippen LogP contribution < -0.4 is 11.1 Å². The first-order valence-corrected chi connectivity index (χ1v) is 5.89. The third kappa shape index (κ3) is 4.32. The van der Waals surface area contributed by atoms with E-state index in [1.807, 2.05) is 6.07 Å². The molecule has 3 nitrogen and oxygen atoms in total. The SMILES string of the molecule is COCC(CCCN)Nc1cccc(F)c1C. The third-order valence-corrected chi connectivity index (χ3v) is 2.75. The lowest BCUT2D eigenvalue weighted by Gasteiger charge is -2.20. The molecule has 4 heteroatoms. The van der Waals surface area contributed by atoms with Crippen LogP contribution in [0.25, 0.3) is 0 Å². The van der Waals surface area contributed by atoms with E-state index >= 15 is 0 Å². The average molecular weight is 240 g/mol. The van der Waals surface area contributed by atoms with Gasteiger partial charge in [0.1, 0.15) is 5.82 Å². The molecule has 0 radical (unpaired) electrons. The van der Waals surface area contributed by atoms with E-state index in [4.69, 9.17) is 10.5 Å². The topological polar surface area (TPSA) is 47.3 Å². The summed E-state index contributed by atoms with van der Waals surface area (Å²) in [5, 5.41) is 3.30. The van der Waals surface area contributed by atoms with Crippen molar-refractivity contribution in [3.63, 3.8) is 0 Å². The van der Waals surface area contributed by atoms with Crippen molar-refractivity contribution in [3.05, 3.63) is 29.6 Å². The van der Waals surface area contributed by atoms with Crippen molar-refractivity contribution in [2.75, 3.05) is 25.6 Å². The minimum atomic E-state index is -0.190. The molecule has 0 aliphatic rings. The number of rotatable bonds is 7. The number of methoxy groups -OCH3 is 1. The summed E-state index contributed by atoms with van der Waals surface area (Å²) < 4.78 is 18.5. The van der Waals surface area contributed by atoms with Gasteiger partial charge in [-0.15, -0.1) is 0 Å². The second-order valence-corrected chi connectivity index (χ2v) is 4.14. The van der Waals surface area contributed by atoms with Gasteiger partial charge >= 0.3 is 0 Å². The summed E-state index contributed by atoms with van der Waals surface area (Å²) >= 11 is 0. The Morgan fingerprint density at radius 1 is 1.47 bits per heavy atom. The maximum Gasteiger partial charge on any atom is 0.128 e. The fourth-order valence-electron chi connectivity index (χ4n) is 1.75. The summed E-state index contributed by atoms with van der Waals surface area (Å²) in [6.45, 7) is 3.02. The second kappa shape index (κ2) is 7.25. The van der Waals surface area contributed by atoms with E-state index in [-0.39, 0.29) is 11.9 Å². The molecule has 96 valence electrons. The molecule has 0 aliphatic carbocycles. The molecule has 0 aliphatic heterocycles. The van der Waals surface area contributed by atoms with Crippen LogP contribution in [-0.2, 0) is 4.74 Å². The Kier molecular flexibility index (Phi) is 5.94. The van der Waals surface area contributed by atoms with Gasteiger partial charge < -0.3 is 15.8 Å². The monoisotopic (exact) mass is 240 g/mol. The number of ether oxygens (including phenoxy) is 1. The lowest BCUT2D eigenvalue weighted by Crippen LogP contribution is -2.26. The van der Waals surface area contributed by atoms with Crippen LogP contribution in [0.15, 0.2) is 18.2 Å². The quantitative estimate of drug-likeness (QED) is 0.768. The van der Waals surface area contributed by atoms with Gasteiger partial charge in [-0.05, 0) is 38.4 Å². The predicted molar refractivity (Wildman–Crippen MR) is 68.7 cm³/mol. The molecule has 1 atom stereocenters. The highest BCUT2D eigenvalue weighted by Gasteiger charge is 2.10. The molecule has 1 rings (SSSR count). The highest BCUT2D eigenvalue weighted by Crippen LogP contribution is 2.19. The number of benzene rings is 1. The molecule has 0 aromatic heterocycles. The largest absolute Gasteiger partial charge is 0.383 e. The molecule has 0 heterocycles. The minimum Gasteiger partial charge on any atom is -0.383 e. The molecular formula is C13H21FN2O. The van der Waals surface area contributed by atoms with Gasteiger partial charge in [-0.2, -0.15) is 0 Å². The van der Waals surface area contributed by atoms with E-state index in [9.17, 15) is 4.39 Å². The fraction of sp³-hybridized carbons (Fsp3) is 0.538. The molecule has 17 heavy (non-hydrogen) atoms. The summed E-state index contributed by atoms with van der Waals surface area (Å²) in [5.41, 5.74) is 6.96. The van der Waals surface area contributed by atoms with Crippen molar-refractivity contribution < 1.29 is 9.13 Å². The highest BCUT2D eigenvalue weighted by molar-refractivity contribution is 5.51. The molecule has 0 spiro atoms. The van der Waals surface area contributed by atoms with Gasteiger partial charge in [-0.25, -0.2) is 4.39 Å². The van der Waals surface area contributed by atoms with Crippen LogP contribution in [0.1, 0.15) is 18.4 Å². The van der Waals surface area contributed by atoms with Crippen molar-refractivity contribution in [1.82, 2.24) is 0 Å². The number of hydrogen-bond acceptors (Lipinski definition) is 3. The molecule has 0 fully saturated rings. The fourth-order valence-corrected chi connectivity index (χ4v) is 1.75. The average Bonchev–Trinajstić information content (AvgIpc) is 2.32. The Bertz CT molecular complexity index is 344.